The maximum Gasteiger partial charge on any atom is 0.452 e. The fourth-order valence-electron chi connectivity index (χ4n) is 2.86. The largest absolute Gasteiger partial charge is 0.452 e. The molecule has 0 spiro atoms. The molecule has 1 aliphatic heterocycles. The molecule has 4 nitrogen and oxygen atoms in total. The molecule has 0 radical (unpaired) electrons. The summed E-state index contributed by atoms with van der Waals surface area (Å²) < 4.78 is 42.9. The quantitative estimate of drug-likeness (QED) is 0.746. The van der Waals surface area contributed by atoms with Crippen LogP contribution >= 0.6 is 11.3 Å². The molecule has 1 fully saturated rings. The van der Waals surface area contributed by atoms with Crippen LogP contribution in [0, 0.1) is 25.2 Å². The maximum absolute atomic E-state index is 12.8. The van der Waals surface area contributed by atoms with E-state index in [9.17, 15) is 18.0 Å². The Bertz CT molecular complexity index is 832. The number of halogens is 3. The van der Waals surface area contributed by atoms with Crippen molar-refractivity contribution >= 4 is 17.2 Å². The Morgan fingerprint density at radius 3 is 2.88 bits per heavy atom. The van der Waals surface area contributed by atoms with Gasteiger partial charge in [-0.3, -0.25) is 4.79 Å². The highest BCUT2D eigenvalue weighted by Crippen LogP contribution is 2.38. The lowest BCUT2D eigenvalue weighted by molar-refractivity contribution is -0.156. The summed E-state index contributed by atoms with van der Waals surface area (Å²) in [6.07, 6.45) is 2.59. The second kappa shape index (κ2) is 6.56. The maximum atomic E-state index is 12.8. The van der Waals surface area contributed by atoms with Crippen molar-refractivity contribution < 1.29 is 22.5 Å². The number of rotatable bonds is 2. The van der Waals surface area contributed by atoms with Crippen LogP contribution in [0.1, 0.15) is 33.8 Å². The van der Waals surface area contributed by atoms with Crippen LogP contribution in [-0.2, 0) is 6.18 Å². The fourth-order valence-corrected chi connectivity index (χ4v) is 3.88. The van der Waals surface area contributed by atoms with Crippen LogP contribution in [-0.4, -0.2) is 29.1 Å². The normalized spacial score (nSPS) is 18.2. The average Bonchev–Trinajstić information content (AvgIpc) is 3.20. The van der Waals surface area contributed by atoms with Crippen molar-refractivity contribution in [1.29, 1.82) is 0 Å². The zero-order valence-corrected chi connectivity index (χ0v) is 14.2. The molecule has 0 N–H and O–H groups in total. The van der Waals surface area contributed by atoms with Crippen molar-refractivity contribution in [3.8, 4) is 22.9 Å². The van der Waals surface area contributed by atoms with Gasteiger partial charge in [0.15, 0.2) is 0 Å². The van der Waals surface area contributed by atoms with E-state index < -0.39 is 11.9 Å². The van der Waals surface area contributed by atoms with Gasteiger partial charge in [-0.15, -0.1) is 23.7 Å². The zero-order valence-electron chi connectivity index (χ0n) is 13.4. The van der Waals surface area contributed by atoms with E-state index in [0.29, 0.717) is 22.8 Å². The average molecular weight is 368 g/mol. The highest BCUT2D eigenvalue weighted by Gasteiger charge is 2.39. The minimum atomic E-state index is -4.59. The third-order valence-electron chi connectivity index (χ3n) is 4.18. The van der Waals surface area contributed by atoms with Gasteiger partial charge in [0.2, 0.25) is 5.76 Å². The van der Waals surface area contributed by atoms with Crippen LogP contribution in [0.2, 0.25) is 0 Å². The molecule has 0 unspecified atom stereocenters. The van der Waals surface area contributed by atoms with E-state index >= 15 is 0 Å². The topological polar surface area (TPSA) is 46.3 Å². The first-order valence-electron chi connectivity index (χ1n) is 7.70. The van der Waals surface area contributed by atoms with E-state index in [4.69, 9.17) is 6.42 Å². The fraction of sp³-hybridized carbons (Fsp3) is 0.412. The Labute approximate surface area is 146 Å². The lowest BCUT2D eigenvalue weighted by Crippen LogP contribution is -2.39. The summed E-state index contributed by atoms with van der Waals surface area (Å²) in [5, 5.41) is 3.53. The van der Waals surface area contributed by atoms with Gasteiger partial charge >= 0.3 is 6.18 Å². The van der Waals surface area contributed by atoms with E-state index in [0.717, 1.165) is 24.2 Å². The second-order valence-corrected chi connectivity index (χ2v) is 6.99. The molecule has 132 valence electrons. The highest BCUT2D eigenvalue weighted by atomic mass is 32.1. The number of hydrogen-bond donors (Lipinski definition) is 0. The molecule has 2 aromatic heterocycles. The first kappa shape index (κ1) is 17.5. The first-order valence-corrected chi connectivity index (χ1v) is 8.52. The molecule has 3 heterocycles. The number of thiophene rings is 1. The second-order valence-electron chi connectivity index (χ2n) is 5.90. The summed E-state index contributed by atoms with van der Waals surface area (Å²) in [6, 6.07) is 3.19. The summed E-state index contributed by atoms with van der Waals surface area (Å²) in [7, 11) is 0. The van der Waals surface area contributed by atoms with E-state index in [1.807, 2.05) is 0 Å². The van der Waals surface area contributed by atoms with Crippen LogP contribution in [0.25, 0.3) is 10.6 Å². The molecule has 0 aromatic carbocycles. The van der Waals surface area contributed by atoms with E-state index in [1.165, 1.54) is 6.92 Å². The standard InChI is InChI=1S/C17H15F3N2O2S/c1-3-11-5-4-8-22(9-11)16(23)13-7-6-12(25-13)14-10(2)15(24-21-14)17(18,19)20/h1,6-7,11H,4-5,8-9H2,2H3/t11-/m1/s1. The Morgan fingerprint density at radius 2 is 2.24 bits per heavy atom. The minimum Gasteiger partial charge on any atom is -0.351 e. The van der Waals surface area contributed by atoms with Crippen molar-refractivity contribution in [2.75, 3.05) is 13.1 Å². The number of alkyl halides is 3. The SMILES string of the molecule is C#C[C@@H]1CCCN(C(=O)c2ccc(-c3noc(C(F)(F)F)c3C)s2)C1. The molecule has 1 saturated heterocycles. The Kier molecular flexibility index (Phi) is 4.60. The summed E-state index contributed by atoms with van der Waals surface area (Å²) >= 11 is 1.10. The highest BCUT2D eigenvalue weighted by molar-refractivity contribution is 7.17. The summed E-state index contributed by atoms with van der Waals surface area (Å²) in [5.74, 6) is 1.45. The molecule has 25 heavy (non-hydrogen) atoms. The van der Waals surface area contributed by atoms with Gasteiger partial charge in [-0.05, 0) is 31.9 Å². The van der Waals surface area contributed by atoms with Crippen molar-refractivity contribution in [2.24, 2.45) is 5.92 Å². The number of carbonyl (C=O) groups excluding carboxylic acids is 1. The molecular formula is C17H15F3N2O2S. The van der Waals surface area contributed by atoms with Crippen LogP contribution in [0.15, 0.2) is 16.7 Å². The van der Waals surface area contributed by atoms with Crippen LogP contribution in [0.5, 0.6) is 0 Å². The Hall–Kier alpha value is -2.27. The monoisotopic (exact) mass is 368 g/mol. The van der Waals surface area contributed by atoms with Crippen molar-refractivity contribution in [2.45, 2.75) is 25.9 Å². The van der Waals surface area contributed by atoms with Crippen LogP contribution in [0.3, 0.4) is 0 Å². The molecule has 1 aliphatic rings. The van der Waals surface area contributed by atoms with Crippen molar-refractivity contribution in [1.82, 2.24) is 10.1 Å². The van der Waals surface area contributed by atoms with Crippen molar-refractivity contribution in [3.63, 3.8) is 0 Å². The molecule has 1 atom stereocenters. The number of nitrogens with zero attached hydrogens (tertiary/aromatic N) is 2. The van der Waals surface area contributed by atoms with Gasteiger partial charge in [-0.1, -0.05) is 5.16 Å². The smallest absolute Gasteiger partial charge is 0.351 e. The van der Waals surface area contributed by atoms with Gasteiger partial charge in [0.25, 0.3) is 5.91 Å². The number of likely N-dealkylation sites (tertiary alicyclic amines) is 1. The number of aromatic nitrogens is 1. The molecule has 0 saturated carbocycles. The van der Waals surface area contributed by atoms with Crippen LogP contribution < -0.4 is 0 Å². The lowest BCUT2D eigenvalue weighted by atomic mass is 9.99. The predicted molar refractivity (Wildman–Crippen MR) is 87.0 cm³/mol. The van der Waals surface area contributed by atoms with Gasteiger partial charge in [-0.2, -0.15) is 13.2 Å². The lowest BCUT2D eigenvalue weighted by Gasteiger charge is -2.29. The van der Waals surface area contributed by atoms with Gasteiger partial charge in [-0.25, -0.2) is 0 Å². The van der Waals surface area contributed by atoms with E-state index in [2.05, 4.69) is 15.6 Å². The third-order valence-corrected chi connectivity index (χ3v) is 5.26. The number of piperidine rings is 1. The number of terminal acetylenes is 1. The van der Waals surface area contributed by atoms with Crippen molar-refractivity contribution in [3.05, 3.63) is 28.3 Å². The minimum absolute atomic E-state index is 0.0456. The van der Waals surface area contributed by atoms with Gasteiger partial charge in [0.1, 0.15) is 5.69 Å². The Morgan fingerprint density at radius 1 is 1.48 bits per heavy atom. The zero-order chi connectivity index (χ0) is 18.2. The van der Waals surface area contributed by atoms with E-state index in [1.54, 1.807) is 17.0 Å². The van der Waals surface area contributed by atoms with Gasteiger partial charge < -0.3 is 9.42 Å². The van der Waals surface area contributed by atoms with E-state index in [-0.39, 0.29) is 23.1 Å². The summed E-state index contributed by atoms with van der Waals surface area (Å²) in [6.45, 7) is 2.44. The number of amides is 1. The molecular weight excluding hydrogens is 353 g/mol. The predicted octanol–water partition coefficient (Wildman–Crippen LogP) is 4.22. The molecule has 8 heteroatoms. The van der Waals surface area contributed by atoms with Gasteiger partial charge in [0.05, 0.1) is 9.75 Å². The molecule has 0 bridgehead atoms. The third kappa shape index (κ3) is 3.42. The molecule has 1 amide bonds. The van der Waals surface area contributed by atoms with Gasteiger partial charge in [0, 0.05) is 24.6 Å². The first-order chi connectivity index (χ1) is 11.8. The molecule has 3 rings (SSSR count). The molecule has 2 aromatic rings. The summed E-state index contributed by atoms with van der Waals surface area (Å²) in [4.78, 5) is 15.2. The summed E-state index contributed by atoms with van der Waals surface area (Å²) in [5.41, 5.74) is 0.0234. The Balaban J connectivity index is 1.82. The number of hydrogen-bond acceptors (Lipinski definition) is 4. The molecule has 0 aliphatic carbocycles. The van der Waals surface area contributed by atoms with Crippen LogP contribution in [0.4, 0.5) is 13.2 Å². The number of carbonyl (C=O) groups is 1.